The molecule has 0 saturated carbocycles. The molecule has 1 aromatic carbocycles. The number of aryl methyl sites for hydroxylation is 1. The van der Waals surface area contributed by atoms with Crippen molar-refractivity contribution >= 4 is 11.8 Å². The summed E-state index contributed by atoms with van der Waals surface area (Å²) in [6, 6.07) is 11.0. The Bertz CT molecular complexity index is 1270. The molecular formula is C30H40N6O2. The molecule has 0 aliphatic carbocycles. The average molecular weight is 517 g/mol. The number of likely N-dealkylation sites (tertiary alicyclic amines) is 1. The van der Waals surface area contributed by atoms with Gasteiger partial charge in [0.25, 0.3) is 0 Å². The monoisotopic (exact) mass is 516 g/mol. The highest BCUT2D eigenvalue weighted by Gasteiger charge is 2.39. The highest BCUT2D eigenvalue weighted by molar-refractivity contribution is 5.90. The van der Waals surface area contributed by atoms with Crippen molar-refractivity contribution in [3.8, 4) is 11.1 Å². The largest absolute Gasteiger partial charge is 0.348 e. The van der Waals surface area contributed by atoms with Crippen LogP contribution in [0.5, 0.6) is 0 Å². The molecule has 0 radical (unpaired) electrons. The number of carbonyl (C=O) groups is 2. The fourth-order valence-electron chi connectivity index (χ4n) is 5.07. The minimum absolute atomic E-state index is 0.00205. The molecule has 1 fully saturated rings. The van der Waals surface area contributed by atoms with Gasteiger partial charge in [-0.25, -0.2) is 4.68 Å². The van der Waals surface area contributed by atoms with Gasteiger partial charge in [-0.2, -0.15) is 0 Å². The van der Waals surface area contributed by atoms with Gasteiger partial charge in [0.1, 0.15) is 12.1 Å². The zero-order valence-electron chi connectivity index (χ0n) is 23.6. The van der Waals surface area contributed by atoms with Gasteiger partial charge in [0, 0.05) is 35.6 Å². The van der Waals surface area contributed by atoms with Gasteiger partial charge < -0.3 is 10.2 Å². The first-order chi connectivity index (χ1) is 18.0. The molecule has 1 saturated heterocycles. The van der Waals surface area contributed by atoms with Crippen molar-refractivity contribution in [1.29, 1.82) is 0 Å². The van der Waals surface area contributed by atoms with Crippen LogP contribution in [0.4, 0.5) is 0 Å². The predicted molar refractivity (Wildman–Crippen MR) is 148 cm³/mol. The predicted octanol–water partition coefficient (Wildman–Crippen LogP) is 5.01. The molecule has 2 aromatic heterocycles. The Morgan fingerprint density at radius 1 is 1.08 bits per heavy atom. The summed E-state index contributed by atoms with van der Waals surface area (Å²) in [6.07, 6.45) is 5.11. The number of hydrogen-bond donors (Lipinski definition) is 1. The second-order valence-electron chi connectivity index (χ2n) is 11.7. The Balaban J connectivity index is 1.46. The Morgan fingerprint density at radius 3 is 2.39 bits per heavy atom. The molecule has 8 heteroatoms. The van der Waals surface area contributed by atoms with E-state index in [0.717, 1.165) is 34.5 Å². The van der Waals surface area contributed by atoms with Crippen LogP contribution in [-0.4, -0.2) is 49.3 Å². The molecule has 38 heavy (non-hydrogen) atoms. The van der Waals surface area contributed by atoms with E-state index in [4.69, 9.17) is 0 Å². The van der Waals surface area contributed by atoms with E-state index in [9.17, 15) is 9.59 Å². The van der Waals surface area contributed by atoms with Gasteiger partial charge in [-0.15, -0.1) is 5.10 Å². The quantitative estimate of drug-likeness (QED) is 0.476. The smallest absolute Gasteiger partial charge is 0.248 e. The Morgan fingerprint density at radius 2 is 1.79 bits per heavy atom. The molecule has 1 N–H and O–H groups in total. The highest BCUT2D eigenvalue weighted by atomic mass is 16.2. The topological polar surface area (TPSA) is 93.0 Å². The van der Waals surface area contributed by atoms with E-state index in [0.29, 0.717) is 13.0 Å². The highest BCUT2D eigenvalue weighted by Crippen LogP contribution is 2.29. The second-order valence-corrected chi connectivity index (χ2v) is 11.7. The van der Waals surface area contributed by atoms with Crippen molar-refractivity contribution in [3.63, 3.8) is 0 Å². The lowest BCUT2D eigenvalue weighted by atomic mass is 9.93. The summed E-state index contributed by atoms with van der Waals surface area (Å²) in [6.45, 7) is 14.8. The third-order valence-corrected chi connectivity index (χ3v) is 7.37. The third kappa shape index (κ3) is 5.79. The summed E-state index contributed by atoms with van der Waals surface area (Å²) in [5.41, 5.74) is 4.85. The summed E-state index contributed by atoms with van der Waals surface area (Å²) in [4.78, 5) is 33.3. The van der Waals surface area contributed by atoms with Gasteiger partial charge in [0.05, 0.1) is 11.7 Å². The Hall–Kier alpha value is -3.55. The summed E-state index contributed by atoms with van der Waals surface area (Å²) in [7, 11) is 0. The van der Waals surface area contributed by atoms with Crippen molar-refractivity contribution in [1.82, 2.24) is 30.2 Å². The van der Waals surface area contributed by atoms with Crippen LogP contribution >= 0.6 is 0 Å². The van der Waals surface area contributed by atoms with Crippen molar-refractivity contribution in [2.75, 3.05) is 6.54 Å². The van der Waals surface area contributed by atoms with E-state index >= 15 is 0 Å². The Kier molecular flexibility index (Phi) is 7.99. The van der Waals surface area contributed by atoms with Gasteiger partial charge in [-0.05, 0) is 49.8 Å². The molecule has 1 aliphatic heterocycles. The van der Waals surface area contributed by atoms with Gasteiger partial charge >= 0.3 is 0 Å². The second kappa shape index (κ2) is 11.1. The van der Waals surface area contributed by atoms with Crippen LogP contribution in [0.3, 0.4) is 0 Å². The van der Waals surface area contributed by atoms with Crippen molar-refractivity contribution < 1.29 is 9.59 Å². The Labute approximate surface area is 225 Å². The van der Waals surface area contributed by atoms with Gasteiger partial charge in [0.2, 0.25) is 11.8 Å². The number of hydrogen-bond acceptors (Lipinski definition) is 5. The van der Waals surface area contributed by atoms with Crippen LogP contribution in [0.25, 0.3) is 11.1 Å². The number of nitrogens with zero attached hydrogens (tertiary/aromatic N) is 5. The maximum Gasteiger partial charge on any atom is 0.248 e. The van der Waals surface area contributed by atoms with Gasteiger partial charge in [0.15, 0.2) is 0 Å². The summed E-state index contributed by atoms with van der Waals surface area (Å²) in [5.74, 6) is -0.193. The standard InChI is InChI=1S/C30H40N6O2/c1-19(2)27(36-18-26(33-34-36)30(5,6)7)29(38)35-17-9-11-25(35)28(37)32-20(3)22-12-14-23(15-13-22)24-10-8-16-31-21(24)4/h8,10,12-16,18-20,25,27H,9,11,17H2,1-7H3,(H,32,37)/t20-,25-,27-/m0/s1. The van der Waals surface area contributed by atoms with Crippen LogP contribution in [0.1, 0.15) is 83.4 Å². The van der Waals surface area contributed by atoms with Crippen LogP contribution < -0.4 is 5.32 Å². The summed E-state index contributed by atoms with van der Waals surface area (Å²) in [5, 5.41) is 11.8. The normalized spacial score (nSPS) is 17.5. The van der Waals surface area contributed by atoms with Crippen LogP contribution in [0.15, 0.2) is 48.8 Å². The molecule has 8 nitrogen and oxygen atoms in total. The average Bonchev–Trinajstić information content (AvgIpc) is 3.55. The fraction of sp³-hybridized carbons (Fsp3) is 0.500. The molecule has 0 spiro atoms. The zero-order chi connectivity index (χ0) is 27.6. The molecule has 0 unspecified atom stereocenters. The summed E-state index contributed by atoms with van der Waals surface area (Å²) >= 11 is 0. The number of pyridine rings is 1. The third-order valence-electron chi connectivity index (χ3n) is 7.37. The molecule has 202 valence electrons. The molecule has 2 amide bonds. The molecule has 1 aliphatic rings. The molecule has 3 aromatic rings. The lowest BCUT2D eigenvalue weighted by molar-refractivity contribution is -0.142. The number of benzene rings is 1. The fourth-order valence-corrected chi connectivity index (χ4v) is 5.07. The minimum atomic E-state index is -0.507. The molecule has 3 heterocycles. The number of carbonyl (C=O) groups excluding carboxylic acids is 2. The number of nitrogens with one attached hydrogen (secondary N) is 1. The summed E-state index contributed by atoms with van der Waals surface area (Å²) < 4.78 is 1.68. The first kappa shape index (κ1) is 27.5. The van der Waals surface area contributed by atoms with E-state index in [1.807, 2.05) is 52.1 Å². The molecule has 0 bridgehead atoms. The van der Waals surface area contributed by atoms with Crippen molar-refractivity contribution in [2.45, 2.75) is 84.8 Å². The first-order valence-electron chi connectivity index (χ1n) is 13.5. The van der Waals surface area contributed by atoms with Crippen LogP contribution in [0, 0.1) is 12.8 Å². The maximum atomic E-state index is 13.8. The van der Waals surface area contributed by atoms with E-state index in [1.54, 1.807) is 15.8 Å². The minimum Gasteiger partial charge on any atom is -0.348 e. The van der Waals surface area contributed by atoms with E-state index in [-0.39, 0.29) is 29.2 Å². The lowest BCUT2D eigenvalue weighted by Gasteiger charge is -2.30. The van der Waals surface area contributed by atoms with Gasteiger partial charge in [-0.3, -0.25) is 14.6 Å². The van der Waals surface area contributed by atoms with Crippen molar-refractivity contribution in [3.05, 3.63) is 65.7 Å². The van der Waals surface area contributed by atoms with Crippen molar-refractivity contribution in [2.24, 2.45) is 5.92 Å². The molecular weight excluding hydrogens is 476 g/mol. The van der Waals surface area contributed by atoms with Crippen LogP contribution in [-0.2, 0) is 15.0 Å². The van der Waals surface area contributed by atoms with Gasteiger partial charge in [-0.1, -0.05) is 70.2 Å². The van der Waals surface area contributed by atoms with E-state index < -0.39 is 12.1 Å². The number of aromatic nitrogens is 4. The van der Waals surface area contributed by atoms with E-state index in [2.05, 4.69) is 59.6 Å². The molecule has 3 atom stereocenters. The number of amides is 2. The lowest BCUT2D eigenvalue weighted by Crippen LogP contribution is -2.49. The number of rotatable bonds is 7. The van der Waals surface area contributed by atoms with E-state index in [1.165, 1.54) is 0 Å². The maximum absolute atomic E-state index is 13.8. The molecule has 4 rings (SSSR count). The SMILES string of the molecule is Cc1ncccc1-c1ccc([C@H](C)NC(=O)[C@@H]2CCCN2C(=O)[C@H](C(C)C)n2cc(C(C)(C)C)nn2)cc1. The zero-order valence-corrected chi connectivity index (χ0v) is 23.6. The first-order valence-corrected chi connectivity index (χ1v) is 13.5. The van der Waals surface area contributed by atoms with Crippen LogP contribution in [0.2, 0.25) is 0 Å².